The number of aliphatic hydroxyl groups excluding tert-OH is 1. The Morgan fingerprint density at radius 1 is 1.38 bits per heavy atom. The molecular weight excluding hydrogens is 369 g/mol. The van der Waals surface area contributed by atoms with Crippen LogP contribution >= 0.6 is 27.5 Å². The number of hydrogen-bond donors (Lipinski definition) is 1. The average molecular weight is 377 g/mol. The minimum atomic E-state index is -0.705. The molecule has 0 radical (unpaired) electrons. The van der Waals surface area contributed by atoms with Crippen LogP contribution in [0.25, 0.3) is 0 Å². The normalized spacial score (nSPS) is 10.5. The molecule has 0 bridgehead atoms. The summed E-state index contributed by atoms with van der Waals surface area (Å²) in [4.78, 5) is 10.3. The van der Waals surface area contributed by atoms with Crippen molar-refractivity contribution in [3.05, 3.63) is 61.3 Å². The van der Waals surface area contributed by atoms with E-state index in [1.807, 2.05) is 0 Å². The van der Waals surface area contributed by atoms with E-state index in [4.69, 9.17) is 16.3 Å². The van der Waals surface area contributed by atoms with E-state index < -0.39 is 23.0 Å². The number of nitrogens with zero attached hydrogens (tertiary/aromatic N) is 1. The Kier molecular flexibility index (Phi) is 4.76. The van der Waals surface area contributed by atoms with Crippen molar-refractivity contribution in [2.75, 3.05) is 0 Å². The van der Waals surface area contributed by atoms with Crippen LogP contribution in [0.1, 0.15) is 5.56 Å². The molecule has 0 amide bonds. The Bertz CT molecular complexity index is 711. The minimum absolute atomic E-state index is 0.0463. The summed E-state index contributed by atoms with van der Waals surface area (Å²) in [5.41, 5.74) is -0.149. The largest absolute Gasteiger partial charge is 0.450 e. The van der Waals surface area contributed by atoms with E-state index in [1.165, 1.54) is 12.1 Å². The molecule has 0 aromatic heterocycles. The standard InChI is InChI=1S/C13H8BrClFNO4/c14-8-4-11(17(19)20)13(5-10(8)16)21-12-3-1-2-9(15)7(12)6-18/h1-5,18H,6H2. The second-order valence-corrected chi connectivity index (χ2v) is 5.23. The van der Waals surface area contributed by atoms with Crippen LogP contribution in [0.2, 0.25) is 5.02 Å². The summed E-state index contributed by atoms with van der Waals surface area (Å²) in [5.74, 6) is -0.865. The van der Waals surface area contributed by atoms with Gasteiger partial charge in [-0.1, -0.05) is 17.7 Å². The van der Waals surface area contributed by atoms with E-state index in [9.17, 15) is 19.6 Å². The lowest BCUT2D eigenvalue weighted by molar-refractivity contribution is -0.385. The van der Waals surface area contributed by atoms with Gasteiger partial charge in [-0.2, -0.15) is 0 Å². The highest BCUT2D eigenvalue weighted by molar-refractivity contribution is 9.10. The van der Waals surface area contributed by atoms with E-state index in [0.29, 0.717) is 0 Å². The van der Waals surface area contributed by atoms with Gasteiger partial charge in [0, 0.05) is 22.7 Å². The Hall–Kier alpha value is -1.70. The summed E-state index contributed by atoms with van der Waals surface area (Å²) in [6, 6.07) is 6.47. The third-order valence-corrected chi connectivity index (χ3v) is 3.61. The van der Waals surface area contributed by atoms with Crippen LogP contribution in [-0.2, 0) is 6.61 Å². The number of nitro groups is 1. The topological polar surface area (TPSA) is 72.6 Å². The predicted octanol–water partition coefficient (Wildman–Crippen LogP) is 4.43. The van der Waals surface area contributed by atoms with Crippen LogP contribution < -0.4 is 4.74 Å². The molecule has 0 aliphatic heterocycles. The van der Waals surface area contributed by atoms with Crippen molar-refractivity contribution in [2.45, 2.75) is 6.61 Å². The number of aliphatic hydroxyl groups is 1. The third kappa shape index (κ3) is 3.31. The zero-order valence-electron chi connectivity index (χ0n) is 10.3. The summed E-state index contributed by atoms with van der Waals surface area (Å²) >= 11 is 8.78. The van der Waals surface area contributed by atoms with Crippen molar-refractivity contribution in [3.63, 3.8) is 0 Å². The maximum atomic E-state index is 13.6. The van der Waals surface area contributed by atoms with E-state index in [-0.39, 0.29) is 26.6 Å². The smallest absolute Gasteiger partial charge is 0.312 e. The molecule has 0 atom stereocenters. The molecule has 5 nitrogen and oxygen atoms in total. The highest BCUT2D eigenvalue weighted by Gasteiger charge is 2.21. The van der Waals surface area contributed by atoms with E-state index in [1.54, 1.807) is 6.07 Å². The zero-order chi connectivity index (χ0) is 15.6. The number of nitro benzene ring substituents is 1. The SMILES string of the molecule is O=[N+]([O-])c1cc(Br)c(F)cc1Oc1cccc(Cl)c1CO. The summed E-state index contributed by atoms with van der Waals surface area (Å²) < 4.78 is 18.9. The molecule has 2 aromatic rings. The number of ether oxygens (including phenoxy) is 1. The highest BCUT2D eigenvalue weighted by Crippen LogP contribution is 2.37. The molecule has 0 saturated heterocycles. The molecule has 8 heteroatoms. The van der Waals surface area contributed by atoms with Crippen LogP contribution in [0.4, 0.5) is 10.1 Å². The number of hydrogen-bond acceptors (Lipinski definition) is 4. The lowest BCUT2D eigenvalue weighted by Crippen LogP contribution is -1.98. The molecule has 0 unspecified atom stereocenters. The van der Waals surface area contributed by atoms with Crippen LogP contribution in [0.5, 0.6) is 11.5 Å². The monoisotopic (exact) mass is 375 g/mol. The average Bonchev–Trinajstić information content (AvgIpc) is 2.42. The lowest BCUT2D eigenvalue weighted by Gasteiger charge is -2.11. The fourth-order valence-corrected chi connectivity index (χ4v) is 2.21. The minimum Gasteiger partial charge on any atom is -0.450 e. The zero-order valence-corrected chi connectivity index (χ0v) is 12.7. The first kappa shape index (κ1) is 15.7. The summed E-state index contributed by atoms with van der Waals surface area (Å²) in [5, 5.41) is 20.5. The molecule has 2 aromatic carbocycles. The van der Waals surface area contributed by atoms with Gasteiger partial charge in [-0.3, -0.25) is 10.1 Å². The van der Waals surface area contributed by atoms with Gasteiger partial charge in [-0.15, -0.1) is 0 Å². The Morgan fingerprint density at radius 3 is 2.71 bits per heavy atom. The maximum Gasteiger partial charge on any atom is 0.312 e. The van der Waals surface area contributed by atoms with E-state index in [0.717, 1.165) is 12.1 Å². The van der Waals surface area contributed by atoms with Gasteiger partial charge in [0.05, 0.1) is 16.0 Å². The molecule has 0 aliphatic carbocycles. The number of halogens is 3. The predicted molar refractivity (Wildman–Crippen MR) is 78.2 cm³/mol. The molecule has 0 aliphatic rings. The molecule has 0 fully saturated rings. The molecule has 110 valence electrons. The first-order chi connectivity index (χ1) is 9.93. The van der Waals surface area contributed by atoms with Crippen molar-refractivity contribution in [3.8, 4) is 11.5 Å². The summed E-state index contributed by atoms with van der Waals surface area (Å²) in [6.07, 6.45) is 0. The molecule has 2 rings (SSSR count). The van der Waals surface area contributed by atoms with Crippen LogP contribution in [-0.4, -0.2) is 10.0 Å². The molecule has 0 heterocycles. The lowest BCUT2D eigenvalue weighted by atomic mass is 10.2. The molecular formula is C13H8BrClFNO4. The fourth-order valence-electron chi connectivity index (χ4n) is 1.65. The van der Waals surface area contributed by atoms with Crippen LogP contribution in [0.3, 0.4) is 0 Å². The Morgan fingerprint density at radius 2 is 2.10 bits per heavy atom. The Balaban J connectivity index is 2.51. The first-order valence-corrected chi connectivity index (χ1v) is 6.80. The van der Waals surface area contributed by atoms with E-state index in [2.05, 4.69) is 15.9 Å². The van der Waals surface area contributed by atoms with Crippen molar-refractivity contribution in [1.82, 2.24) is 0 Å². The number of rotatable bonds is 4. The van der Waals surface area contributed by atoms with Gasteiger partial charge in [-0.25, -0.2) is 4.39 Å². The molecule has 1 N–H and O–H groups in total. The Labute approximate surface area is 132 Å². The summed E-state index contributed by atoms with van der Waals surface area (Å²) in [6.45, 7) is -0.415. The maximum absolute atomic E-state index is 13.6. The van der Waals surface area contributed by atoms with Crippen LogP contribution in [0.15, 0.2) is 34.8 Å². The fraction of sp³-hybridized carbons (Fsp3) is 0.0769. The van der Waals surface area contributed by atoms with Gasteiger partial charge < -0.3 is 9.84 Å². The van der Waals surface area contributed by atoms with Gasteiger partial charge in [0.2, 0.25) is 5.75 Å². The van der Waals surface area contributed by atoms with Gasteiger partial charge in [0.25, 0.3) is 0 Å². The van der Waals surface area contributed by atoms with Gasteiger partial charge in [0.15, 0.2) is 0 Å². The van der Waals surface area contributed by atoms with Crippen molar-refractivity contribution < 1.29 is 19.2 Å². The van der Waals surface area contributed by atoms with Crippen LogP contribution in [0, 0.1) is 15.9 Å². The third-order valence-electron chi connectivity index (χ3n) is 2.65. The van der Waals surface area contributed by atoms with Crippen molar-refractivity contribution in [2.24, 2.45) is 0 Å². The van der Waals surface area contributed by atoms with Gasteiger partial charge in [0.1, 0.15) is 11.6 Å². The highest BCUT2D eigenvalue weighted by atomic mass is 79.9. The summed E-state index contributed by atoms with van der Waals surface area (Å²) in [7, 11) is 0. The van der Waals surface area contributed by atoms with Gasteiger partial charge in [-0.05, 0) is 28.1 Å². The molecule has 21 heavy (non-hydrogen) atoms. The second-order valence-electron chi connectivity index (χ2n) is 3.97. The number of benzene rings is 2. The van der Waals surface area contributed by atoms with E-state index >= 15 is 0 Å². The first-order valence-electron chi connectivity index (χ1n) is 5.63. The molecule has 0 saturated carbocycles. The van der Waals surface area contributed by atoms with Crippen molar-refractivity contribution in [1.29, 1.82) is 0 Å². The molecule has 0 spiro atoms. The second kappa shape index (κ2) is 6.38. The van der Waals surface area contributed by atoms with Crippen molar-refractivity contribution >= 4 is 33.2 Å². The van der Waals surface area contributed by atoms with Gasteiger partial charge >= 0.3 is 5.69 Å². The quantitative estimate of drug-likeness (QED) is 0.633.